The van der Waals surface area contributed by atoms with Gasteiger partial charge >= 0.3 is 0 Å². The van der Waals surface area contributed by atoms with Crippen molar-refractivity contribution in [2.45, 2.75) is 68.0 Å². The molecule has 0 aromatic carbocycles. The van der Waals surface area contributed by atoms with Crippen LogP contribution >= 0.6 is 0 Å². The number of hydrogen-bond donors (Lipinski definition) is 0. The Labute approximate surface area is 229 Å². The summed E-state index contributed by atoms with van der Waals surface area (Å²) in [6.07, 6.45) is 0. The van der Waals surface area contributed by atoms with Gasteiger partial charge in [-0.15, -0.1) is 98.2 Å². The Hall–Kier alpha value is -0.345. The van der Waals surface area contributed by atoms with E-state index in [2.05, 4.69) is 45.6 Å². The van der Waals surface area contributed by atoms with Crippen molar-refractivity contribution in [3.05, 3.63) is 98.2 Å². The third-order valence-electron chi connectivity index (χ3n) is 11.9. The molecule has 0 aliphatic carbocycles. The highest BCUT2D eigenvalue weighted by Gasteiger charge is 2.69. The van der Waals surface area contributed by atoms with E-state index >= 15 is 0 Å². The third kappa shape index (κ3) is 3.92. The number of hydrogen-bond acceptors (Lipinski definition) is 0. The van der Waals surface area contributed by atoms with Gasteiger partial charge in [0, 0.05) is 0 Å². The van der Waals surface area contributed by atoms with Crippen LogP contribution in [0.5, 0.6) is 0 Å². The van der Waals surface area contributed by atoms with Crippen LogP contribution in [0.4, 0.5) is 0 Å². The lowest BCUT2D eigenvalue weighted by atomic mass is 11.2. The summed E-state index contributed by atoms with van der Waals surface area (Å²) in [7, 11) is -13.5. The van der Waals surface area contributed by atoms with Gasteiger partial charge < -0.3 is 0 Å². The maximum Gasteiger partial charge on any atom is 0.0702 e. The van der Waals surface area contributed by atoms with Crippen molar-refractivity contribution < 1.29 is 0 Å². The Bertz CT molecular complexity index is 750. The molecule has 6 saturated heterocycles. The second-order valence-electron chi connectivity index (χ2n) is 14.7. The van der Waals surface area contributed by atoms with Crippen LogP contribution in [0.25, 0.3) is 0 Å². The highest BCUT2D eigenvalue weighted by Crippen LogP contribution is 2.62. The van der Waals surface area contributed by atoms with E-state index in [0.717, 1.165) is 0 Å². The molecular formula is C28H48Si8. The van der Waals surface area contributed by atoms with Crippen LogP contribution in [0.3, 0.4) is 0 Å². The summed E-state index contributed by atoms with van der Waals surface area (Å²) in [5.41, 5.74) is 39.5. The second-order valence-corrected chi connectivity index (χ2v) is 56.7. The van der Waals surface area contributed by atoms with E-state index in [9.17, 15) is 0 Å². The summed E-state index contributed by atoms with van der Waals surface area (Å²) in [6, 6.07) is 0. The lowest BCUT2D eigenvalue weighted by Gasteiger charge is -2.66. The van der Waals surface area contributed by atoms with Gasteiger partial charge in [-0.05, 0) is 0 Å². The molecule has 6 fully saturated rings. The van der Waals surface area contributed by atoms with Gasteiger partial charge in [0.25, 0.3) is 0 Å². The lowest BCUT2D eigenvalue weighted by molar-refractivity contribution is 1.22. The molecule has 6 aliphatic heterocycles. The quantitative estimate of drug-likeness (QED) is 0.246. The van der Waals surface area contributed by atoms with Gasteiger partial charge in [0.2, 0.25) is 0 Å². The molecular weight excluding hydrogens is 561 g/mol. The first-order chi connectivity index (χ1) is 17.0. The molecule has 0 amide bonds. The topological polar surface area (TPSA) is 0 Å². The second kappa shape index (κ2) is 8.58. The summed E-state index contributed by atoms with van der Waals surface area (Å²) in [5, 5.41) is 0. The van der Waals surface area contributed by atoms with Crippen LogP contribution in [-0.2, 0) is 0 Å². The Morgan fingerprint density at radius 1 is 0.222 bits per heavy atom. The zero-order chi connectivity index (χ0) is 26.1. The molecule has 0 nitrogen and oxygen atoms in total. The fourth-order valence-corrected chi connectivity index (χ4v) is 132. The molecule has 8 bridgehead atoms. The summed E-state index contributed by atoms with van der Waals surface area (Å²) < 4.78 is 0. The molecule has 0 aromatic rings. The Kier molecular flexibility index (Phi) is 6.49. The van der Waals surface area contributed by atoms with Crippen molar-refractivity contribution >= 4 is 64.6 Å². The lowest BCUT2D eigenvalue weighted by Crippen LogP contribution is -2.76. The Balaban J connectivity index is 1.93. The fourth-order valence-electron chi connectivity index (χ4n) is 11.6. The van der Waals surface area contributed by atoms with Gasteiger partial charge in [0.1, 0.15) is 0 Å². The van der Waals surface area contributed by atoms with E-state index in [0.29, 0.717) is 0 Å². The predicted molar refractivity (Wildman–Crippen MR) is 185 cm³/mol. The zero-order valence-electron chi connectivity index (χ0n) is 22.8. The van der Waals surface area contributed by atoms with E-state index < -0.39 is 64.6 Å². The maximum absolute atomic E-state index is 4.69. The smallest absolute Gasteiger partial charge is 0.0702 e. The van der Waals surface area contributed by atoms with Crippen molar-refractivity contribution in [1.29, 1.82) is 0 Å². The molecule has 0 unspecified atom stereocenters. The molecule has 0 spiro atoms. The maximum atomic E-state index is 4.69. The van der Waals surface area contributed by atoms with Crippen molar-refractivity contribution in [2.75, 3.05) is 0 Å². The van der Waals surface area contributed by atoms with Gasteiger partial charge in [0.15, 0.2) is 0 Å². The minimum atomic E-state index is -1.68. The van der Waals surface area contributed by atoms with Gasteiger partial charge in [-0.1, -0.05) is 68.0 Å². The normalized spacial score (nSPS) is 52.9. The van der Waals surface area contributed by atoms with Gasteiger partial charge in [-0.3, -0.25) is 0 Å². The third-order valence-corrected chi connectivity index (χ3v) is 86.4. The van der Waals surface area contributed by atoms with Crippen molar-refractivity contribution in [3.8, 4) is 0 Å². The van der Waals surface area contributed by atoms with Crippen molar-refractivity contribution in [3.63, 3.8) is 0 Å². The first kappa shape index (κ1) is 27.2. The average molecular weight is 609 g/mol. The summed E-state index contributed by atoms with van der Waals surface area (Å²) in [4.78, 5) is 0. The van der Waals surface area contributed by atoms with Crippen LogP contribution in [0.1, 0.15) is 0 Å². The SMILES string of the molecule is C=C[Si]12C[Si]3(C=C)C[Si]4(C=C)C[Si](C=C)(C1)C[Si]1(C=C)C[Si](C=C)(C2)C[Si](C=C)(C3)C[Si](C=C)(C4)C1. The minimum Gasteiger partial charge on any atom is -0.107 e. The van der Waals surface area contributed by atoms with Crippen LogP contribution in [0, 0.1) is 0 Å². The van der Waals surface area contributed by atoms with Gasteiger partial charge in [-0.25, -0.2) is 0 Å². The highest BCUT2D eigenvalue weighted by atomic mass is 28.5. The van der Waals surface area contributed by atoms with E-state index in [1.807, 2.05) is 0 Å². The summed E-state index contributed by atoms with van der Waals surface area (Å²) in [6.45, 7) is 37.6. The van der Waals surface area contributed by atoms with Crippen LogP contribution < -0.4 is 0 Å². The van der Waals surface area contributed by atoms with E-state index in [-0.39, 0.29) is 0 Å². The van der Waals surface area contributed by atoms with Gasteiger partial charge in [0.05, 0.1) is 64.6 Å². The average Bonchev–Trinajstić information content (AvgIpc) is 2.82. The molecule has 36 heavy (non-hydrogen) atoms. The number of rotatable bonds is 8. The zero-order valence-corrected chi connectivity index (χ0v) is 30.8. The monoisotopic (exact) mass is 608 g/mol. The van der Waals surface area contributed by atoms with Crippen LogP contribution in [0.2, 0.25) is 68.0 Å². The Morgan fingerprint density at radius 3 is 0.361 bits per heavy atom. The molecule has 192 valence electrons. The molecule has 0 radical (unpaired) electrons. The molecule has 8 heteroatoms. The molecule has 6 rings (SSSR count). The van der Waals surface area contributed by atoms with Crippen LogP contribution in [0.15, 0.2) is 98.2 Å². The predicted octanol–water partition coefficient (Wildman–Crippen LogP) is 7.92. The summed E-state index contributed by atoms with van der Waals surface area (Å²) >= 11 is 0. The van der Waals surface area contributed by atoms with Crippen molar-refractivity contribution in [1.82, 2.24) is 0 Å². The van der Waals surface area contributed by atoms with Crippen LogP contribution in [-0.4, -0.2) is 64.6 Å². The molecule has 6 heterocycles. The fraction of sp³-hybridized carbons (Fsp3) is 0.429. The molecule has 0 atom stereocenters. The van der Waals surface area contributed by atoms with E-state index in [1.54, 1.807) is 0 Å². The molecule has 0 N–H and O–H groups in total. The van der Waals surface area contributed by atoms with Gasteiger partial charge in [-0.2, -0.15) is 0 Å². The summed E-state index contributed by atoms with van der Waals surface area (Å²) in [5.74, 6) is 0. The van der Waals surface area contributed by atoms with Crippen molar-refractivity contribution in [2.24, 2.45) is 0 Å². The standard InChI is InChI=1S/C28H48Si8/c1-9-29-17-30(10-2)20-33(13-5)22-31(11-3,18-29)24-35(15-7)25-32(12-4,19-29)23-34(14-6,21-30)27-36(16-8,26-33)28-35/h9-16H,1-8,17-28H2. The van der Waals surface area contributed by atoms with E-state index in [4.69, 9.17) is 52.6 Å². The highest BCUT2D eigenvalue weighted by molar-refractivity contribution is 7.34. The molecule has 0 saturated carbocycles. The van der Waals surface area contributed by atoms with E-state index in [1.165, 1.54) is 68.0 Å². The molecule has 6 aliphatic rings. The largest absolute Gasteiger partial charge is 0.107 e. The first-order valence-corrected chi connectivity index (χ1v) is 35.7. The minimum absolute atomic E-state index is 1.54. The Morgan fingerprint density at radius 2 is 0.306 bits per heavy atom. The first-order valence-electron chi connectivity index (χ1n) is 14.1. The molecule has 0 aromatic heterocycles.